The van der Waals surface area contributed by atoms with Crippen molar-refractivity contribution < 1.29 is 14.1 Å². The minimum absolute atomic E-state index is 0.0261. The van der Waals surface area contributed by atoms with Crippen LogP contribution in [-0.4, -0.2) is 63.9 Å². The summed E-state index contributed by atoms with van der Waals surface area (Å²) in [6.45, 7) is 0.865. The molecule has 0 aliphatic carbocycles. The Morgan fingerprint density at radius 1 is 1.19 bits per heavy atom. The van der Waals surface area contributed by atoms with Gasteiger partial charge in [0.25, 0.3) is 5.91 Å². The average Bonchev–Trinajstić information content (AvgIpc) is 3.27. The van der Waals surface area contributed by atoms with Gasteiger partial charge in [0.15, 0.2) is 0 Å². The molecule has 160 valence electrons. The monoisotopic (exact) mass is 419 g/mol. The Bertz CT molecular complexity index is 1050. The number of rotatable bonds is 5. The number of carbonyl (C=O) groups excluding carboxylic acids is 2. The van der Waals surface area contributed by atoms with E-state index in [9.17, 15) is 9.59 Å². The first-order chi connectivity index (χ1) is 15.0. The maximum absolute atomic E-state index is 13.3. The summed E-state index contributed by atoms with van der Waals surface area (Å²) >= 11 is 0. The Kier molecular flexibility index (Phi) is 5.79. The molecule has 3 heterocycles. The number of carbonyl (C=O) groups is 2. The van der Waals surface area contributed by atoms with Crippen molar-refractivity contribution in [3.8, 4) is 11.3 Å². The van der Waals surface area contributed by atoms with Crippen LogP contribution in [0.4, 0.5) is 0 Å². The Balaban J connectivity index is 1.61. The van der Waals surface area contributed by atoms with Gasteiger partial charge in [-0.15, -0.1) is 0 Å². The summed E-state index contributed by atoms with van der Waals surface area (Å²) in [5.41, 5.74) is 1.18. The van der Waals surface area contributed by atoms with Crippen LogP contribution >= 0.6 is 0 Å². The van der Waals surface area contributed by atoms with Crippen LogP contribution in [0.15, 0.2) is 59.5 Å². The summed E-state index contributed by atoms with van der Waals surface area (Å²) in [7, 11) is 3.48. The van der Waals surface area contributed by atoms with Gasteiger partial charge in [-0.2, -0.15) is 0 Å². The van der Waals surface area contributed by atoms with E-state index in [4.69, 9.17) is 4.52 Å². The van der Waals surface area contributed by atoms with E-state index < -0.39 is 5.41 Å². The lowest BCUT2D eigenvalue weighted by molar-refractivity contribution is -0.142. The molecule has 1 aliphatic rings. The smallest absolute Gasteiger partial charge is 0.274 e. The Labute approximate surface area is 180 Å². The maximum atomic E-state index is 13.3. The van der Waals surface area contributed by atoms with Gasteiger partial charge >= 0.3 is 0 Å². The third kappa shape index (κ3) is 4.33. The number of aromatic nitrogens is 3. The molecule has 0 radical (unpaired) electrons. The van der Waals surface area contributed by atoms with Crippen molar-refractivity contribution in [3.63, 3.8) is 0 Å². The lowest BCUT2D eigenvalue weighted by Crippen LogP contribution is -2.54. The van der Waals surface area contributed by atoms with Crippen LogP contribution in [0.1, 0.15) is 29.1 Å². The highest BCUT2D eigenvalue weighted by Gasteiger charge is 2.45. The average molecular weight is 419 g/mol. The van der Waals surface area contributed by atoms with Gasteiger partial charge in [0, 0.05) is 57.6 Å². The second kappa shape index (κ2) is 8.67. The number of benzene rings is 1. The standard InChI is InChI=1S/C23H25N5O3/c1-27(2)22(30)23(14-18-13-19(26-31-18)17-7-4-3-5-8-17)9-6-12-28(16-23)21(29)20-15-24-10-11-25-20/h3-5,7-8,10-11,13,15H,6,9,12,14,16H2,1-2H3/t23-/m0/s1. The molecule has 4 rings (SSSR count). The lowest BCUT2D eigenvalue weighted by atomic mass is 9.75. The number of hydrogen-bond donors (Lipinski definition) is 0. The molecule has 1 fully saturated rings. The maximum Gasteiger partial charge on any atom is 0.274 e. The molecule has 0 spiro atoms. The highest BCUT2D eigenvalue weighted by molar-refractivity contribution is 5.93. The minimum atomic E-state index is -0.785. The molecule has 1 saturated heterocycles. The molecule has 0 unspecified atom stereocenters. The van der Waals surface area contributed by atoms with E-state index in [1.807, 2.05) is 36.4 Å². The Morgan fingerprint density at radius 3 is 2.71 bits per heavy atom. The molecule has 1 aliphatic heterocycles. The van der Waals surface area contributed by atoms with Crippen molar-refractivity contribution in [1.82, 2.24) is 24.9 Å². The molecule has 2 aromatic heterocycles. The van der Waals surface area contributed by atoms with Crippen LogP contribution in [0.25, 0.3) is 11.3 Å². The zero-order valence-corrected chi connectivity index (χ0v) is 17.7. The summed E-state index contributed by atoms with van der Waals surface area (Å²) < 4.78 is 5.61. The minimum Gasteiger partial charge on any atom is -0.361 e. The van der Waals surface area contributed by atoms with E-state index in [-0.39, 0.29) is 17.5 Å². The first-order valence-corrected chi connectivity index (χ1v) is 10.3. The summed E-state index contributed by atoms with van der Waals surface area (Å²) in [6.07, 6.45) is 6.22. The molecule has 31 heavy (non-hydrogen) atoms. The predicted octanol–water partition coefficient (Wildman–Crippen LogP) is 2.68. The fraction of sp³-hybridized carbons (Fsp3) is 0.348. The summed E-state index contributed by atoms with van der Waals surface area (Å²) in [5.74, 6) is 0.385. The van der Waals surface area contributed by atoms with Gasteiger partial charge in [0.05, 0.1) is 11.6 Å². The van der Waals surface area contributed by atoms with E-state index in [1.54, 1.807) is 23.9 Å². The molecule has 0 N–H and O–H groups in total. The number of likely N-dealkylation sites (tertiary alicyclic amines) is 1. The normalized spacial score (nSPS) is 18.6. The summed E-state index contributed by atoms with van der Waals surface area (Å²) in [4.78, 5) is 37.7. The number of piperidine rings is 1. The van der Waals surface area contributed by atoms with Crippen LogP contribution in [0.2, 0.25) is 0 Å². The highest BCUT2D eigenvalue weighted by atomic mass is 16.5. The quantitative estimate of drug-likeness (QED) is 0.631. The molecule has 1 aromatic carbocycles. The van der Waals surface area contributed by atoms with Gasteiger partial charge in [-0.25, -0.2) is 4.98 Å². The van der Waals surface area contributed by atoms with E-state index in [0.29, 0.717) is 38.1 Å². The second-order valence-corrected chi connectivity index (χ2v) is 8.12. The molecule has 8 heteroatoms. The van der Waals surface area contributed by atoms with E-state index in [2.05, 4.69) is 15.1 Å². The van der Waals surface area contributed by atoms with Crippen LogP contribution in [-0.2, 0) is 11.2 Å². The van der Waals surface area contributed by atoms with Crippen LogP contribution in [0.5, 0.6) is 0 Å². The topological polar surface area (TPSA) is 92.4 Å². The first kappa shape index (κ1) is 20.7. The molecule has 1 atom stereocenters. The fourth-order valence-electron chi connectivity index (χ4n) is 4.22. The van der Waals surface area contributed by atoms with Crippen LogP contribution in [0.3, 0.4) is 0 Å². The number of hydrogen-bond acceptors (Lipinski definition) is 6. The molecule has 2 amide bonds. The second-order valence-electron chi connectivity index (χ2n) is 8.12. The van der Waals surface area contributed by atoms with Crippen molar-refractivity contribution in [2.75, 3.05) is 27.2 Å². The summed E-state index contributed by atoms with van der Waals surface area (Å²) in [5, 5.41) is 4.19. The van der Waals surface area contributed by atoms with Gasteiger partial charge in [-0.3, -0.25) is 14.6 Å². The first-order valence-electron chi connectivity index (χ1n) is 10.3. The molecular weight excluding hydrogens is 394 g/mol. The van der Waals surface area contributed by atoms with Gasteiger partial charge in [0.1, 0.15) is 17.1 Å². The van der Waals surface area contributed by atoms with Crippen molar-refractivity contribution in [3.05, 3.63) is 66.4 Å². The van der Waals surface area contributed by atoms with Gasteiger partial charge in [-0.1, -0.05) is 35.5 Å². The third-order valence-electron chi connectivity index (χ3n) is 5.65. The van der Waals surface area contributed by atoms with E-state index in [0.717, 1.165) is 11.3 Å². The molecule has 0 saturated carbocycles. The Morgan fingerprint density at radius 2 is 2.00 bits per heavy atom. The lowest BCUT2D eigenvalue weighted by Gasteiger charge is -2.42. The molecular formula is C23H25N5O3. The summed E-state index contributed by atoms with van der Waals surface area (Å²) in [6, 6.07) is 11.6. The molecule has 0 bridgehead atoms. The SMILES string of the molecule is CN(C)C(=O)[C@]1(Cc2cc(-c3ccccc3)no2)CCCN(C(=O)c2cnccn2)C1. The van der Waals surface area contributed by atoms with Crippen molar-refractivity contribution in [2.45, 2.75) is 19.3 Å². The van der Waals surface area contributed by atoms with Crippen LogP contribution in [0, 0.1) is 5.41 Å². The van der Waals surface area contributed by atoms with Gasteiger partial charge in [0.2, 0.25) is 5.91 Å². The van der Waals surface area contributed by atoms with Crippen LogP contribution < -0.4 is 0 Å². The Hall–Kier alpha value is -3.55. The van der Waals surface area contributed by atoms with E-state index in [1.165, 1.54) is 18.6 Å². The number of nitrogens with zero attached hydrogens (tertiary/aromatic N) is 5. The highest BCUT2D eigenvalue weighted by Crippen LogP contribution is 2.36. The van der Waals surface area contributed by atoms with Gasteiger partial charge in [-0.05, 0) is 12.8 Å². The van der Waals surface area contributed by atoms with Crippen molar-refractivity contribution in [2.24, 2.45) is 5.41 Å². The molecule has 8 nitrogen and oxygen atoms in total. The fourth-order valence-corrected chi connectivity index (χ4v) is 4.22. The van der Waals surface area contributed by atoms with Gasteiger partial charge < -0.3 is 14.3 Å². The zero-order chi connectivity index (χ0) is 21.8. The third-order valence-corrected chi connectivity index (χ3v) is 5.65. The molecule has 3 aromatic rings. The van der Waals surface area contributed by atoms with Crippen molar-refractivity contribution in [1.29, 1.82) is 0 Å². The zero-order valence-electron chi connectivity index (χ0n) is 17.7. The predicted molar refractivity (Wildman–Crippen MR) is 114 cm³/mol. The largest absolute Gasteiger partial charge is 0.361 e. The number of amides is 2. The van der Waals surface area contributed by atoms with Crippen molar-refractivity contribution >= 4 is 11.8 Å². The van der Waals surface area contributed by atoms with E-state index >= 15 is 0 Å².